The average molecular weight is 644 g/mol. The van der Waals surface area contributed by atoms with Crippen LogP contribution in [0.2, 0.25) is 5.02 Å². The summed E-state index contributed by atoms with van der Waals surface area (Å²) in [5.74, 6) is -0.318. The van der Waals surface area contributed by atoms with Crippen LogP contribution in [0.4, 0.5) is 16.2 Å². The second-order valence-electron chi connectivity index (χ2n) is 9.81. The number of halogens is 1. The van der Waals surface area contributed by atoms with Crippen molar-refractivity contribution in [1.29, 1.82) is 0 Å². The highest BCUT2D eigenvalue weighted by Gasteiger charge is 2.37. The molecular formula is C33H26ClN3O9. The summed E-state index contributed by atoms with van der Waals surface area (Å²) in [6, 6.07) is 21.9. The number of urea groups is 1. The fourth-order valence-corrected chi connectivity index (χ4v) is 4.83. The molecule has 1 heterocycles. The number of barbiturate groups is 1. The number of carbonyl (C=O) groups is 3. The summed E-state index contributed by atoms with van der Waals surface area (Å²) in [6.45, 7) is 0.472. The highest BCUT2D eigenvalue weighted by molar-refractivity contribution is 6.39. The van der Waals surface area contributed by atoms with E-state index in [1.54, 1.807) is 19.2 Å². The van der Waals surface area contributed by atoms with Gasteiger partial charge in [-0.1, -0.05) is 48.0 Å². The van der Waals surface area contributed by atoms with Crippen molar-refractivity contribution in [2.75, 3.05) is 19.1 Å². The van der Waals surface area contributed by atoms with Gasteiger partial charge in [0.2, 0.25) is 0 Å². The van der Waals surface area contributed by atoms with Crippen molar-refractivity contribution in [2.45, 2.75) is 13.2 Å². The maximum absolute atomic E-state index is 13.3. The van der Waals surface area contributed by atoms with E-state index in [2.05, 4.69) is 5.32 Å². The SMILES string of the molecule is COc1cc(COc2c(Cl)cc(/C=C3/C(=O)NC(=O)N(c4ccc([N+](=O)[O-])cc4)C3=O)cc2OC)ccc1OCc1ccccc1. The highest BCUT2D eigenvalue weighted by atomic mass is 35.5. The standard InChI is InChI=1S/C33H26ClN3O9/c1-43-28-16-21(8-13-27(28)45-18-20-6-4-3-5-7-20)19-46-30-26(34)15-22(17-29(30)44-2)14-25-31(38)35-33(40)36(32(25)39)23-9-11-24(12-10-23)37(41)42/h3-17H,18-19H2,1-2H3,(H,35,38,40)/b25-14-. The molecule has 4 aromatic carbocycles. The summed E-state index contributed by atoms with van der Waals surface area (Å²) in [6.07, 6.45) is 1.25. The molecule has 13 heteroatoms. The number of rotatable bonds is 11. The van der Waals surface area contributed by atoms with Crippen LogP contribution in [-0.4, -0.2) is 37.0 Å². The Morgan fingerprint density at radius 2 is 1.52 bits per heavy atom. The van der Waals surface area contributed by atoms with Crippen LogP contribution >= 0.6 is 11.6 Å². The number of carbonyl (C=O) groups excluding carboxylic acids is 3. The molecule has 0 radical (unpaired) electrons. The van der Waals surface area contributed by atoms with Crippen molar-refractivity contribution in [2.24, 2.45) is 0 Å². The largest absolute Gasteiger partial charge is 0.493 e. The van der Waals surface area contributed by atoms with Gasteiger partial charge in [-0.25, -0.2) is 9.69 Å². The zero-order valence-corrected chi connectivity index (χ0v) is 25.3. The Morgan fingerprint density at radius 3 is 2.20 bits per heavy atom. The van der Waals surface area contributed by atoms with E-state index in [0.717, 1.165) is 23.3 Å². The molecule has 4 amide bonds. The summed E-state index contributed by atoms with van der Waals surface area (Å²) in [4.78, 5) is 49.5. The second-order valence-corrected chi connectivity index (χ2v) is 10.2. The molecule has 46 heavy (non-hydrogen) atoms. The van der Waals surface area contributed by atoms with Crippen molar-refractivity contribution in [3.05, 3.63) is 122 Å². The van der Waals surface area contributed by atoms with Gasteiger partial charge < -0.3 is 18.9 Å². The summed E-state index contributed by atoms with van der Waals surface area (Å²) >= 11 is 6.56. The maximum atomic E-state index is 13.3. The first-order valence-corrected chi connectivity index (χ1v) is 14.1. The predicted octanol–water partition coefficient (Wildman–Crippen LogP) is 6.09. The Hall–Kier alpha value is -5.88. The number of nitro benzene ring substituents is 1. The van der Waals surface area contributed by atoms with Gasteiger partial charge in [0.25, 0.3) is 17.5 Å². The van der Waals surface area contributed by atoms with Crippen LogP contribution in [0.25, 0.3) is 6.08 Å². The molecule has 12 nitrogen and oxygen atoms in total. The Morgan fingerprint density at radius 1 is 0.826 bits per heavy atom. The van der Waals surface area contributed by atoms with Crippen LogP contribution in [0.1, 0.15) is 16.7 Å². The third-order valence-electron chi connectivity index (χ3n) is 6.83. The number of benzene rings is 4. The molecule has 234 valence electrons. The van der Waals surface area contributed by atoms with Gasteiger partial charge in [0, 0.05) is 12.1 Å². The summed E-state index contributed by atoms with van der Waals surface area (Å²) in [5.41, 5.74) is 1.53. The second kappa shape index (κ2) is 13.8. The molecule has 0 bridgehead atoms. The van der Waals surface area contributed by atoms with Crippen molar-refractivity contribution in [1.82, 2.24) is 5.32 Å². The van der Waals surface area contributed by atoms with Crippen LogP contribution < -0.4 is 29.2 Å². The Balaban J connectivity index is 1.33. The molecule has 0 saturated carbocycles. The van der Waals surface area contributed by atoms with Gasteiger partial charge in [0.05, 0.1) is 29.9 Å². The summed E-state index contributed by atoms with van der Waals surface area (Å²) < 4.78 is 22.9. The molecule has 0 spiro atoms. The van der Waals surface area contributed by atoms with Crippen LogP contribution in [0.5, 0.6) is 23.0 Å². The van der Waals surface area contributed by atoms with Crippen LogP contribution in [0.15, 0.2) is 90.5 Å². The van der Waals surface area contributed by atoms with Gasteiger partial charge >= 0.3 is 6.03 Å². The predicted molar refractivity (Wildman–Crippen MR) is 168 cm³/mol. The smallest absolute Gasteiger partial charge is 0.335 e. The third-order valence-corrected chi connectivity index (χ3v) is 7.11. The Labute approximate surface area is 267 Å². The third kappa shape index (κ3) is 6.92. The molecule has 1 N–H and O–H groups in total. The van der Waals surface area contributed by atoms with Gasteiger partial charge in [0.1, 0.15) is 18.8 Å². The first-order valence-electron chi connectivity index (χ1n) is 13.7. The normalized spacial score (nSPS) is 13.8. The Kier molecular flexibility index (Phi) is 9.48. The van der Waals surface area contributed by atoms with Crippen LogP contribution in [-0.2, 0) is 22.8 Å². The van der Waals surface area contributed by atoms with Crippen molar-refractivity contribution < 1.29 is 38.3 Å². The fourth-order valence-electron chi connectivity index (χ4n) is 4.56. The number of hydrogen-bond acceptors (Lipinski definition) is 9. The fraction of sp³-hybridized carbons (Fsp3) is 0.121. The summed E-state index contributed by atoms with van der Waals surface area (Å²) in [5, 5.41) is 13.2. The van der Waals surface area contributed by atoms with E-state index in [-0.39, 0.29) is 40.1 Å². The number of amides is 4. The van der Waals surface area contributed by atoms with E-state index in [1.807, 2.05) is 36.4 Å². The lowest BCUT2D eigenvalue weighted by Crippen LogP contribution is -2.54. The lowest BCUT2D eigenvalue weighted by molar-refractivity contribution is -0.384. The van der Waals surface area contributed by atoms with Crippen molar-refractivity contribution in [3.63, 3.8) is 0 Å². The van der Waals surface area contributed by atoms with E-state index in [1.165, 1.54) is 37.5 Å². The lowest BCUT2D eigenvalue weighted by atomic mass is 10.1. The molecule has 1 aliphatic rings. The first-order chi connectivity index (χ1) is 22.2. The highest BCUT2D eigenvalue weighted by Crippen LogP contribution is 2.38. The van der Waals surface area contributed by atoms with Crippen molar-refractivity contribution in [3.8, 4) is 23.0 Å². The molecule has 0 atom stereocenters. The van der Waals surface area contributed by atoms with E-state index in [4.69, 9.17) is 30.5 Å². The molecule has 1 saturated heterocycles. The van der Waals surface area contributed by atoms with Gasteiger partial charge in [-0.15, -0.1) is 0 Å². The van der Waals surface area contributed by atoms with Gasteiger partial charge in [-0.2, -0.15) is 0 Å². The van der Waals surface area contributed by atoms with E-state index in [9.17, 15) is 24.5 Å². The molecule has 1 aliphatic heterocycles. The average Bonchev–Trinajstić information content (AvgIpc) is 3.05. The maximum Gasteiger partial charge on any atom is 0.335 e. The van der Waals surface area contributed by atoms with E-state index in [0.29, 0.717) is 28.6 Å². The number of imide groups is 2. The summed E-state index contributed by atoms with van der Waals surface area (Å²) in [7, 11) is 2.95. The Bertz CT molecular complexity index is 1840. The molecule has 0 unspecified atom stereocenters. The van der Waals surface area contributed by atoms with Crippen LogP contribution in [0, 0.1) is 10.1 Å². The molecule has 4 aromatic rings. The minimum atomic E-state index is -0.993. The first kappa shape index (κ1) is 31.5. The number of ether oxygens (including phenoxy) is 4. The zero-order chi connectivity index (χ0) is 32.8. The van der Waals surface area contributed by atoms with Gasteiger partial charge in [-0.05, 0) is 59.2 Å². The van der Waals surface area contributed by atoms with Crippen LogP contribution in [0.3, 0.4) is 0 Å². The van der Waals surface area contributed by atoms with E-state index >= 15 is 0 Å². The number of methoxy groups -OCH3 is 2. The molecular weight excluding hydrogens is 618 g/mol. The van der Waals surface area contributed by atoms with Gasteiger partial charge in [-0.3, -0.25) is 25.0 Å². The van der Waals surface area contributed by atoms with E-state index < -0.39 is 22.8 Å². The topological polar surface area (TPSA) is 147 Å². The lowest BCUT2D eigenvalue weighted by Gasteiger charge is -2.26. The number of hydrogen-bond donors (Lipinski definition) is 1. The molecule has 5 rings (SSSR count). The number of nitro groups is 1. The quantitative estimate of drug-likeness (QED) is 0.0887. The number of anilines is 1. The minimum absolute atomic E-state index is 0.0401. The number of non-ortho nitro benzene ring substituents is 1. The monoisotopic (exact) mass is 643 g/mol. The minimum Gasteiger partial charge on any atom is -0.493 e. The molecule has 1 fully saturated rings. The number of nitrogens with one attached hydrogen (secondary N) is 1. The molecule has 0 aliphatic carbocycles. The van der Waals surface area contributed by atoms with Gasteiger partial charge in [0.15, 0.2) is 23.0 Å². The zero-order valence-electron chi connectivity index (χ0n) is 24.5. The molecule has 0 aromatic heterocycles. The van der Waals surface area contributed by atoms with Crippen molar-refractivity contribution >= 4 is 46.9 Å². The number of nitrogens with zero attached hydrogens (tertiary/aromatic N) is 2.